The van der Waals surface area contributed by atoms with Crippen molar-refractivity contribution in [2.75, 3.05) is 6.61 Å². The van der Waals surface area contributed by atoms with Crippen molar-refractivity contribution < 1.29 is 59.5 Å². The summed E-state index contributed by atoms with van der Waals surface area (Å²) in [7, 11) is 0. The lowest BCUT2D eigenvalue weighted by molar-refractivity contribution is -0.277. The highest BCUT2D eigenvalue weighted by molar-refractivity contribution is 5.88. The number of phenols is 2. The molecule has 0 saturated carbocycles. The Kier molecular flexibility index (Phi) is 7.74. The van der Waals surface area contributed by atoms with Gasteiger partial charge in [0.1, 0.15) is 64.5 Å². The van der Waals surface area contributed by atoms with E-state index in [2.05, 4.69) is 0 Å². The molecule has 3 heterocycles. The topological polar surface area (TPSA) is 220 Å². The second kappa shape index (κ2) is 11.0. The first kappa shape index (κ1) is 28.3. The molecule has 8 N–H and O–H groups in total. The molecule has 2 aliphatic rings. The minimum Gasteiger partial charge on any atom is -0.507 e. The zero-order chi connectivity index (χ0) is 28.9. The van der Waals surface area contributed by atoms with Crippen molar-refractivity contribution in [2.24, 2.45) is 0 Å². The lowest BCUT2D eigenvalue weighted by Crippen LogP contribution is -2.60. The largest absolute Gasteiger partial charge is 0.507 e. The number of ether oxygens (including phenoxy) is 3. The first-order valence-corrected chi connectivity index (χ1v) is 12.6. The Morgan fingerprint density at radius 3 is 2.27 bits per heavy atom. The van der Waals surface area contributed by atoms with Crippen LogP contribution in [0, 0.1) is 0 Å². The van der Waals surface area contributed by atoms with E-state index in [1.165, 1.54) is 31.2 Å². The molecule has 0 bridgehead atoms. The van der Waals surface area contributed by atoms with Gasteiger partial charge in [-0.1, -0.05) is 0 Å². The average Bonchev–Trinajstić information content (AvgIpc) is 2.91. The monoisotopic (exact) mass is 562 g/mol. The molecule has 0 spiro atoms. The fourth-order valence-corrected chi connectivity index (χ4v) is 5.01. The molecule has 3 aromatic rings. The predicted molar refractivity (Wildman–Crippen MR) is 136 cm³/mol. The van der Waals surface area contributed by atoms with Crippen LogP contribution >= 0.6 is 0 Å². The summed E-state index contributed by atoms with van der Waals surface area (Å²) < 4.78 is 22.4. The fraction of sp³-hybridized carbons (Fsp3) is 0.444. The molecule has 2 saturated heterocycles. The van der Waals surface area contributed by atoms with E-state index >= 15 is 0 Å². The zero-order valence-electron chi connectivity index (χ0n) is 21.2. The van der Waals surface area contributed by atoms with Crippen LogP contribution in [-0.4, -0.2) is 96.5 Å². The first-order chi connectivity index (χ1) is 19.0. The summed E-state index contributed by atoms with van der Waals surface area (Å²) in [5.41, 5.74) is -0.391. The molecule has 2 aromatic carbocycles. The average molecular weight is 563 g/mol. The van der Waals surface area contributed by atoms with Gasteiger partial charge in [-0.25, -0.2) is 0 Å². The van der Waals surface area contributed by atoms with Crippen molar-refractivity contribution in [3.05, 3.63) is 52.2 Å². The van der Waals surface area contributed by atoms with Gasteiger partial charge < -0.3 is 59.5 Å². The normalized spacial score (nSPS) is 32.7. The van der Waals surface area contributed by atoms with Gasteiger partial charge in [0.25, 0.3) is 0 Å². The van der Waals surface area contributed by atoms with Crippen LogP contribution in [0.3, 0.4) is 0 Å². The highest BCUT2D eigenvalue weighted by atomic mass is 16.7. The van der Waals surface area contributed by atoms with E-state index in [4.69, 9.17) is 18.6 Å². The Bertz CT molecular complexity index is 1410. The first-order valence-electron chi connectivity index (χ1n) is 12.6. The number of phenolic OH excluding ortho intramolecular Hbond substituents is 2. The van der Waals surface area contributed by atoms with Crippen molar-refractivity contribution in [3.63, 3.8) is 0 Å². The van der Waals surface area contributed by atoms with Gasteiger partial charge in [-0.3, -0.25) is 4.79 Å². The molecule has 1 aromatic heterocycles. The maximum atomic E-state index is 13.0. The second-order valence-electron chi connectivity index (χ2n) is 9.97. The SMILES string of the molecule is C[C@@H]1O[C@@H](c2c(O)cc3oc(-c4ccc(O[C@H]5O[C@H](CO)[C@H](O)[C@@H](O)[C@H]5O)cc4)cc(=O)c3c2O)C[C@@H](O)[C@@H]1O. The molecule has 0 radical (unpaired) electrons. The quantitative estimate of drug-likeness (QED) is 0.199. The molecular formula is C27H30O13. The molecule has 13 heteroatoms. The maximum absolute atomic E-state index is 13.0. The molecule has 2 fully saturated rings. The van der Waals surface area contributed by atoms with Crippen LogP contribution in [0.25, 0.3) is 22.3 Å². The Morgan fingerprint density at radius 2 is 1.62 bits per heavy atom. The van der Waals surface area contributed by atoms with Gasteiger partial charge >= 0.3 is 0 Å². The van der Waals surface area contributed by atoms with Crippen molar-refractivity contribution in [3.8, 4) is 28.6 Å². The van der Waals surface area contributed by atoms with Crippen LogP contribution in [0.2, 0.25) is 0 Å². The van der Waals surface area contributed by atoms with Crippen LogP contribution in [-0.2, 0) is 9.47 Å². The number of aliphatic hydroxyl groups is 6. The lowest BCUT2D eigenvalue weighted by atomic mass is 9.92. The Hall–Kier alpha value is -3.27. The molecule has 40 heavy (non-hydrogen) atoms. The third kappa shape index (κ3) is 5.02. The predicted octanol–water partition coefficient (Wildman–Crippen LogP) is -0.378. The summed E-state index contributed by atoms with van der Waals surface area (Å²) in [6.07, 6.45) is -11.4. The van der Waals surface area contributed by atoms with Crippen LogP contribution in [0.4, 0.5) is 0 Å². The van der Waals surface area contributed by atoms with Crippen molar-refractivity contribution >= 4 is 11.0 Å². The van der Waals surface area contributed by atoms with Crippen molar-refractivity contribution in [1.29, 1.82) is 0 Å². The molecule has 0 aliphatic carbocycles. The van der Waals surface area contributed by atoms with E-state index in [-0.39, 0.29) is 34.5 Å². The van der Waals surface area contributed by atoms with Gasteiger partial charge in [0.2, 0.25) is 6.29 Å². The fourth-order valence-electron chi connectivity index (χ4n) is 5.01. The van der Waals surface area contributed by atoms with Gasteiger partial charge in [-0.2, -0.15) is 0 Å². The van der Waals surface area contributed by atoms with Gasteiger partial charge in [-0.15, -0.1) is 0 Å². The minimum absolute atomic E-state index is 0.0972. The molecule has 216 valence electrons. The summed E-state index contributed by atoms with van der Waals surface area (Å²) in [6.45, 7) is 0.936. The van der Waals surface area contributed by atoms with E-state index < -0.39 is 78.7 Å². The smallest absolute Gasteiger partial charge is 0.229 e. The van der Waals surface area contributed by atoms with Crippen LogP contribution in [0.15, 0.2) is 45.6 Å². The van der Waals surface area contributed by atoms with Crippen LogP contribution in [0.5, 0.6) is 17.2 Å². The van der Waals surface area contributed by atoms with Gasteiger partial charge in [-0.05, 0) is 31.2 Å². The summed E-state index contributed by atoms with van der Waals surface area (Å²) in [4.78, 5) is 13.0. The highest BCUT2D eigenvalue weighted by Gasteiger charge is 2.44. The van der Waals surface area contributed by atoms with Crippen molar-refractivity contribution in [2.45, 2.75) is 68.5 Å². The summed E-state index contributed by atoms with van der Waals surface area (Å²) in [5, 5.41) is 80.8. The molecule has 2 aliphatic heterocycles. The van der Waals surface area contributed by atoms with E-state index in [0.717, 1.165) is 12.1 Å². The van der Waals surface area contributed by atoms with E-state index in [9.17, 15) is 45.6 Å². The summed E-state index contributed by atoms with van der Waals surface area (Å²) in [6, 6.07) is 8.32. The van der Waals surface area contributed by atoms with E-state index in [1.807, 2.05) is 0 Å². The molecule has 0 unspecified atom stereocenters. The van der Waals surface area contributed by atoms with Crippen molar-refractivity contribution in [1.82, 2.24) is 0 Å². The van der Waals surface area contributed by atoms with Gasteiger partial charge in [0.15, 0.2) is 5.43 Å². The molecule has 0 amide bonds. The molecular weight excluding hydrogens is 532 g/mol. The standard InChI is InChI=1S/C27H30O13/c1-10-22(32)15(31)8-17(37-10)20-14(30)7-18-21(24(20)34)13(29)6-16(39-18)11-2-4-12(5-3-11)38-27-26(36)25(35)23(33)19(9-28)40-27/h2-7,10,15,17,19,22-23,25-28,30-36H,8-9H2,1H3/t10-,15+,17+,19+,22+,23-,25+,26+,27-/m0/s1. The minimum atomic E-state index is -1.60. The number of hydrogen-bond donors (Lipinski definition) is 8. The molecule has 9 atom stereocenters. The van der Waals surface area contributed by atoms with E-state index in [1.54, 1.807) is 0 Å². The van der Waals surface area contributed by atoms with E-state index in [0.29, 0.717) is 5.56 Å². The third-order valence-corrected chi connectivity index (χ3v) is 7.28. The lowest BCUT2D eigenvalue weighted by Gasteiger charge is -2.39. The summed E-state index contributed by atoms with van der Waals surface area (Å²) >= 11 is 0. The Morgan fingerprint density at radius 1 is 0.925 bits per heavy atom. The van der Waals surface area contributed by atoms with Crippen LogP contribution < -0.4 is 10.2 Å². The number of hydrogen-bond acceptors (Lipinski definition) is 13. The number of aromatic hydroxyl groups is 2. The Balaban J connectivity index is 1.41. The van der Waals surface area contributed by atoms with Crippen LogP contribution in [0.1, 0.15) is 25.0 Å². The maximum Gasteiger partial charge on any atom is 0.229 e. The number of benzene rings is 2. The highest BCUT2D eigenvalue weighted by Crippen LogP contribution is 2.44. The second-order valence-corrected chi connectivity index (χ2v) is 9.97. The Labute approximate surface area is 226 Å². The summed E-state index contributed by atoms with van der Waals surface area (Å²) in [5.74, 6) is -0.677. The van der Waals surface area contributed by atoms with Gasteiger partial charge in [0, 0.05) is 24.1 Å². The molecule has 5 rings (SSSR count). The number of aliphatic hydroxyl groups excluding tert-OH is 6. The zero-order valence-corrected chi connectivity index (χ0v) is 21.2. The molecule has 13 nitrogen and oxygen atoms in total. The number of fused-ring (bicyclic) bond motifs is 1. The van der Waals surface area contributed by atoms with Gasteiger partial charge in [0.05, 0.1) is 30.5 Å². The number of rotatable bonds is 5. The third-order valence-electron chi connectivity index (χ3n) is 7.28.